The van der Waals surface area contributed by atoms with Gasteiger partial charge in [0.15, 0.2) is 5.69 Å². The number of para-hydroxylation sites is 1. The summed E-state index contributed by atoms with van der Waals surface area (Å²) < 4.78 is 47.3. The summed E-state index contributed by atoms with van der Waals surface area (Å²) >= 11 is 1.13. The van der Waals surface area contributed by atoms with Crippen molar-refractivity contribution in [1.82, 2.24) is 19.7 Å². The van der Waals surface area contributed by atoms with E-state index in [0.29, 0.717) is 31.8 Å². The molecule has 7 nitrogen and oxygen atoms in total. The van der Waals surface area contributed by atoms with Gasteiger partial charge in [-0.25, -0.2) is 4.98 Å². The van der Waals surface area contributed by atoms with Crippen LogP contribution >= 0.6 is 11.3 Å². The minimum Gasteiger partial charge on any atom is -0.379 e. The number of aliphatic imine (C=N–C) groups is 1. The van der Waals surface area contributed by atoms with Gasteiger partial charge >= 0.3 is 6.18 Å². The summed E-state index contributed by atoms with van der Waals surface area (Å²) in [5.74, 6) is 0. The predicted molar refractivity (Wildman–Crippen MR) is 104 cm³/mol. The van der Waals surface area contributed by atoms with Crippen LogP contribution in [0.2, 0.25) is 0 Å². The molecule has 0 unspecified atom stereocenters. The Morgan fingerprint density at radius 1 is 1.28 bits per heavy atom. The second-order valence-corrected chi connectivity index (χ2v) is 7.50. The van der Waals surface area contributed by atoms with Crippen LogP contribution in [0.1, 0.15) is 11.3 Å². The highest BCUT2D eigenvalue weighted by atomic mass is 32.1. The van der Waals surface area contributed by atoms with E-state index < -0.39 is 23.0 Å². The van der Waals surface area contributed by atoms with Crippen LogP contribution in [0.15, 0.2) is 34.1 Å². The highest BCUT2D eigenvalue weighted by Gasteiger charge is 2.38. The van der Waals surface area contributed by atoms with Crippen LogP contribution < -0.4 is 5.56 Å². The van der Waals surface area contributed by atoms with E-state index in [9.17, 15) is 18.0 Å². The molecule has 0 saturated carbocycles. The van der Waals surface area contributed by atoms with Gasteiger partial charge in [-0.1, -0.05) is 23.5 Å². The number of thiazole rings is 1. The highest BCUT2D eigenvalue weighted by Crippen LogP contribution is 2.30. The molecule has 1 N–H and O–H groups in total. The zero-order chi connectivity index (χ0) is 20.4. The lowest BCUT2D eigenvalue weighted by atomic mass is 10.2. The molecule has 1 aromatic carbocycles. The van der Waals surface area contributed by atoms with Crippen LogP contribution in [0, 0.1) is 0 Å². The van der Waals surface area contributed by atoms with Gasteiger partial charge in [0.1, 0.15) is 0 Å². The molecular weight excluding hydrogens is 407 g/mol. The average molecular weight is 425 g/mol. The Morgan fingerprint density at radius 3 is 2.76 bits per heavy atom. The van der Waals surface area contributed by atoms with E-state index in [2.05, 4.69) is 20.0 Å². The number of alkyl halides is 3. The van der Waals surface area contributed by atoms with Gasteiger partial charge in [-0.15, -0.1) is 0 Å². The largest absolute Gasteiger partial charge is 0.433 e. The lowest BCUT2D eigenvalue weighted by molar-refractivity contribution is -0.141. The Bertz CT molecular complexity index is 1050. The number of nitrogens with one attached hydrogen (secondary N) is 1. The molecule has 3 heterocycles. The molecule has 1 aliphatic rings. The molecule has 1 saturated heterocycles. The zero-order valence-corrected chi connectivity index (χ0v) is 16.1. The summed E-state index contributed by atoms with van der Waals surface area (Å²) in [6.07, 6.45) is -3.71. The van der Waals surface area contributed by atoms with Crippen LogP contribution in [0.25, 0.3) is 15.3 Å². The van der Waals surface area contributed by atoms with E-state index in [0.717, 1.165) is 40.0 Å². The summed E-state index contributed by atoms with van der Waals surface area (Å²) in [5.41, 5.74) is -1.86. The Morgan fingerprint density at radius 2 is 2.03 bits per heavy atom. The van der Waals surface area contributed by atoms with Crippen molar-refractivity contribution in [2.45, 2.75) is 6.18 Å². The number of rotatable bonds is 5. The molecule has 4 rings (SSSR count). The lowest BCUT2D eigenvalue weighted by Crippen LogP contribution is -2.37. The van der Waals surface area contributed by atoms with Gasteiger partial charge < -0.3 is 4.74 Å². The minimum atomic E-state index is -4.72. The second-order valence-electron chi connectivity index (χ2n) is 6.49. The van der Waals surface area contributed by atoms with Crippen LogP contribution in [-0.2, 0) is 10.9 Å². The summed E-state index contributed by atoms with van der Waals surface area (Å²) in [4.78, 5) is 23.1. The van der Waals surface area contributed by atoms with Gasteiger partial charge in [0.2, 0.25) is 5.13 Å². The van der Waals surface area contributed by atoms with Crippen molar-refractivity contribution < 1.29 is 17.9 Å². The maximum Gasteiger partial charge on any atom is 0.433 e. The molecule has 0 bridgehead atoms. The topological polar surface area (TPSA) is 75.5 Å². The molecule has 0 atom stereocenters. The molecular formula is C18H18F3N5O2S. The number of hydrogen-bond acceptors (Lipinski definition) is 6. The average Bonchev–Trinajstić information content (AvgIpc) is 3.27. The second kappa shape index (κ2) is 8.09. The molecule has 0 radical (unpaired) electrons. The van der Waals surface area contributed by atoms with Crippen LogP contribution in [0.4, 0.5) is 13.2 Å². The van der Waals surface area contributed by atoms with Gasteiger partial charge in [0, 0.05) is 25.8 Å². The molecule has 29 heavy (non-hydrogen) atoms. The fraction of sp³-hybridized carbons (Fsp3) is 0.389. The Kier molecular flexibility index (Phi) is 5.52. The first-order chi connectivity index (χ1) is 13.9. The number of aromatic amines is 1. The van der Waals surface area contributed by atoms with Gasteiger partial charge in [-0.3, -0.25) is 19.8 Å². The van der Waals surface area contributed by atoms with E-state index in [-0.39, 0.29) is 5.13 Å². The molecule has 3 aromatic rings. The van der Waals surface area contributed by atoms with Crippen molar-refractivity contribution in [3.63, 3.8) is 0 Å². The lowest BCUT2D eigenvalue weighted by Gasteiger charge is -2.25. The number of nitrogens with zero attached hydrogens (tertiary/aromatic N) is 4. The van der Waals surface area contributed by atoms with E-state index in [1.54, 1.807) is 24.3 Å². The quantitative estimate of drug-likeness (QED) is 0.638. The number of benzene rings is 1. The van der Waals surface area contributed by atoms with Crippen LogP contribution in [-0.4, -0.2) is 65.3 Å². The maximum absolute atomic E-state index is 13.5. The van der Waals surface area contributed by atoms with E-state index in [4.69, 9.17) is 4.74 Å². The van der Waals surface area contributed by atoms with E-state index in [1.165, 1.54) is 0 Å². The van der Waals surface area contributed by atoms with Crippen molar-refractivity contribution in [3.05, 3.63) is 45.9 Å². The molecule has 0 spiro atoms. The van der Waals surface area contributed by atoms with Gasteiger partial charge in [0.25, 0.3) is 5.56 Å². The summed E-state index contributed by atoms with van der Waals surface area (Å²) in [6.45, 7) is 3.68. The van der Waals surface area contributed by atoms with Crippen LogP contribution in [0.3, 0.4) is 0 Å². The number of morpholine rings is 1. The minimum absolute atomic E-state index is 0.148. The highest BCUT2D eigenvalue weighted by molar-refractivity contribution is 7.20. The fourth-order valence-corrected chi connectivity index (χ4v) is 3.98. The first-order valence-electron chi connectivity index (χ1n) is 9.01. The Labute approximate surface area is 167 Å². The third kappa shape index (κ3) is 4.26. The van der Waals surface area contributed by atoms with Gasteiger partial charge in [-0.05, 0) is 12.1 Å². The summed E-state index contributed by atoms with van der Waals surface area (Å²) in [5, 5.41) is 2.31. The van der Waals surface area contributed by atoms with E-state index in [1.807, 2.05) is 0 Å². The third-order valence-electron chi connectivity index (χ3n) is 4.55. The number of halogens is 3. The number of fused-ring (bicyclic) bond motifs is 1. The SMILES string of the molecule is O=c1c(C=NCCN2CCOCC2)c(C(F)(F)F)[nH]n1-c1nc2ccccc2s1. The molecule has 11 heteroatoms. The van der Waals surface area contributed by atoms with Crippen molar-refractivity contribution in [2.75, 3.05) is 39.4 Å². The molecule has 1 aliphatic heterocycles. The van der Waals surface area contributed by atoms with Crippen molar-refractivity contribution >= 4 is 27.8 Å². The number of H-pyrrole nitrogens is 1. The summed E-state index contributed by atoms with van der Waals surface area (Å²) in [6, 6.07) is 7.11. The molecule has 0 amide bonds. The number of aromatic nitrogens is 3. The van der Waals surface area contributed by atoms with Gasteiger partial charge in [-0.2, -0.15) is 17.9 Å². The summed E-state index contributed by atoms with van der Waals surface area (Å²) in [7, 11) is 0. The normalized spacial score (nSPS) is 16.2. The van der Waals surface area contributed by atoms with Gasteiger partial charge in [0.05, 0.1) is 35.5 Å². The van der Waals surface area contributed by atoms with Crippen molar-refractivity contribution in [1.29, 1.82) is 0 Å². The standard InChI is InChI=1S/C18H18F3N5O2S/c19-18(20,21)15-12(11-22-5-6-25-7-9-28-10-8-25)16(27)26(24-15)17-23-13-3-1-2-4-14(13)29-17/h1-4,11,24H,5-10H2. The zero-order valence-electron chi connectivity index (χ0n) is 15.3. The fourth-order valence-electron chi connectivity index (χ4n) is 3.06. The maximum atomic E-state index is 13.5. The number of ether oxygens (including phenoxy) is 1. The monoisotopic (exact) mass is 425 g/mol. The molecule has 2 aromatic heterocycles. The molecule has 0 aliphatic carbocycles. The van der Waals surface area contributed by atoms with Crippen molar-refractivity contribution in [3.8, 4) is 5.13 Å². The molecule has 1 fully saturated rings. The first kappa shape index (κ1) is 19.8. The Balaban J connectivity index is 1.62. The predicted octanol–water partition coefficient (Wildman–Crippen LogP) is 2.55. The van der Waals surface area contributed by atoms with Crippen LogP contribution in [0.5, 0.6) is 0 Å². The number of hydrogen-bond donors (Lipinski definition) is 1. The first-order valence-corrected chi connectivity index (χ1v) is 9.83. The smallest absolute Gasteiger partial charge is 0.379 e. The van der Waals surface area contributed by atoms with Crippen molar-refractivity contribution in [2.24, 2.45) is 4.99 Å². The molecule has 154 valence electrons. The Hall–Kier alpha value is -2.50. The third-order valence-corrected chi connectivity index (χ3v) is 5.57. The van der Waals surface area contributed by atoms with E-state index >= 15 is 0 Å².